The van der Waals surface area contributed by atoms with Crippen LogP contribution in [0.1, 0.15) is 19.8 Å². The Balaban J connectivity index is 1.40. The molecule has 0 bridgehead atoms. The van der Waals surface area contributed by atoms with Crippen LogP contribution in [0.3, 0.4) is 0 Å². The highest BCUT2D eigenvalue weighted by molar-refractivity contribution is 5.81. The van der Waals surface area contributed by atoms with Crippen LogP contribution < -0.4 is 21.8 Å². The summed E-state index contributed by atoms with van der Waals surface area (Å²) in [6.45, 7) is 1.86. The average Bonchev–Trinajstić information content (AvgIpc) is 2.86. The Hall–Kier alpha value is -4.34. The Bertz CT molecular complexity index is 1490. The van der Waals surface area contributed by atoms with E-state index < -0.39 is 0 Å². The molecule has 10 nitrogen and oxygen atoms in total. The number of nitrogens with one attached hydrogen (secondary N) is 2. The fourth-order valence-corrected chi connectivity index (χ4v) is 3.98. The summed E-state index contributed by atoms with van der Waals surface area (Å²) < 4.78 is 2.74. The van der Waals surface area contributed by atoms with Crippen molar-refractivity contribution in [2.45, 2.75) is 38.9 Å². The molecule has 0 spiro atoms. The second kappa shape index (κ2) is 10.7. The van der Waals surface area contributed by atoms with Crippen molar-refractivity contribution in [3.63, 3.8) is 0 Å². The maximum Gasteiger partial charge on any atom is 0.269 e. The molecule has 0 aliphatic carbocycles. The number of hydrogen-bond donors (Lipinski definition) is 2. The van der Waals surface area contributed by atoms with Crippen LogP contribution in [0.4, 0.5) is 0 Å². The Kier molecular flexibility index (Phi) is 7.30. The second-order valence-electron chi connectivity index (χ2n) is 8.20. The summed E-state index contributed by atoms with van der Waals surface area (Å²) >= 11 is 0. The Morgan fingerprint density at radius 1 is 0.829 bits per heavy atom. The van der Waals surface area contributed by atoms with E-state index in [9.17, 15) is 19.2 Å². The van der Waals surface area contributed by atoms with Gasteiger partial charge in [0.25, 0.3) is 11.1 Å². The Morgan fingerprint density at radius 2 is 1.34 bits per heavy atom. The molecule has 4 aromatic rings. The summed E-state index contributed by atoms with van der Waals surface area (Å²) in [5.41, 5.74) is 1.65. The number of benzene rings is 2. The molecule has 0 aliphatic heterocycles. The van der Waals surface area contributed by atoms with Crippen LogP contribution in [-0.4, -0.2) is 43.5 Å². The smallest absolute Gasteiger partial charge is 0.269 e. The Labute approximate surface area is 200 Å². The van der Waals surface area contributed by atoms with Gasteiger partial charge >= 0.3 is 0 Å². The third-order valence-corrected chi connectivity index (χ3v) is 5.66. The van der Waals surface area contributed by atoms with Crippen LogP contribution in [0, 0.1) is 0 Å². The van der Waals surface area contributed by atoms with Gasteiger partial charge in [0.1, 0.15) is 13.1 Å². The normalized spacial score (nSPS) is 11.9. The predicted octanol–water partition coefficient (Wildman–Crippen LogP) is 1.21. The number of fused-ring (bicyclic) bond motifs is 2. The van der Waals surface area contributed by atoms with Gasteiger partial charge in [0, 0.05) is 12.6 Å². The van der Waals surface area contributed by atoms with Crippen molar-refractivity contribution in [1.29, 1.82) is 0 Å². The number of nitrogens with zero attached hydrogens (tertiary/aromatic N) is 4. The zero-order valence-electron chi connectivity index (χ0n) is 19.3. The molecule has 2 heterocycles. The summed E-state index contributed by atoms with van der Waals surface area (Å²) in [7, 11) is 0. The molecule has 1 atom stereocenters. The highest BCUT2D eigenvalue weighted by Gasteiger charge is 2.16. The third-order valence-electron chi connectivity index (χ3n) is 5.66. The first-order chi connectivity index (χ1) is 17.0. The molecule has 2 aromatic heterocycles. The standard InChI is InChI=1S/C25H26N6O4/c1-2-7-17(29-23(33)16-31-21-11-6-4-9-19(21)27-14-25(31)35)12-28-22(32)15-30-20-10-5-3-8-18(20)26-13-24(30)34/h3-6,8-11,13-14,17H,2,7,12,15-16H2,1H3,(H,28,32)(H,29,33). The van der Waals surface area contributed by atoms with Gasteiger partial charge in [0.05, 0.1) is 34.5 Å². The summed E-state index contributed by atoms with van der Waals surface area (Å²) in [5, 5.41) is 5.71. The first kappa shape index (κ1) is 23.8. The number of carbonyl (C=O) groups is 2. The van der Waals surface area contributed by atoms with Crippen LogP contribution in [0.2, 0.25) is 0 Å². The molecule has 180 valence electrons. The number of para-hydroxylation sites is 4. The monoisotopic (exact) mass is 474 g/mol. The highest BCUT2D eigenvalue weighted by atomic mass is 16.2. The first-order valence-corrected chi connectivity index (χ1v) is 11.4. The summed E-state index contributed by atoms with van der Waals surface area (Å²) in [6, 6.07) is 13.9. The van der Waals surface area contributed by atoms with Gasteiger partial charge in [-0.3, -0.25) is 28.3 Å². The molecule has 35 heavy (non-hydrogen) atoms. The van der Waals surface area contributed by atoms with E-state index in [2.05, 4.69) is 20.6 Å². The van der Waals surface area contributed by atoms with Gasteiger partial charge in [-0.1, -0.05) is 37.6 Å². The van der Waals surface area contributed by atoms with Gasteiger partial charge in [-0.05, 0) is 30.7 Å². The first-order valence-electron chi connectivity index (χ1n) is 11.4. The van der Waals surface area contributed by atoms with Crippen LogP contribution in [0.25, 0.3) is 22.1 Å². The number of carbonyl (C=O) groups excluding carboxylic acids is 2. The van der Waals surface area contributed by atoms with E-state index in [1.54, 1.807) is 36.4 Å². The van der Waals surface area contributed by atoms with Crippen molar-refractivity contribution in [3.8, 4) is 0 Å². The largest absolute Gasteiger partial charge is 0.352 e. The van der Waals surface area contributed by atoms with Gasteiger partial charge < -0.3 is 10.6 Å². The quantitative estimate of drug-likeness (QED) is 0.375. The minimum Gasteiger partial charge on any atom is -0.352 e. The topological polar surface area (TPSA) is 128 Å². The van der Waals surface area contributed by atoms with E-state index in [1.165, 1.54) is 21.5 Å². The Morgan fingerprint density at radius 3 is 1.89 bits per heavy atom. The molecule has 2 amide bonds. The van der Waals surface area contributed by atoms with Crippen molar-refractivity contribution in [2.75, 3.05) is 6.54 Å². The summed E-state index contributed by atoms with van der Waals surface area (Å²) in [6.07, 6.45) is 3.81. The summed E-state index contributed by atoms with van der Waals surface area (Å²) in [4.78, 5) is 58.2. The lowest BCUT2D eigenvalue weighted by Crippen LogP contribution is -2.46. The van der Waals surface area contributed by atoms with Gasteiger partial charge in [-0.2, -0.15) is 0 Å². The fourth-order valence-electron chi connectivity index (χ4n) is 3.98. The van der Waals surface area contributed by atoms with Crippen molar-refractivity contribution < 1.29 is 9.59 Å². The fraction of sp³-hybridized carbons (Fsp3) is 0.280. The summed E-state index contributed by atoms with van der Waals surface area (Å²) in [5.74, 6) is -0.692. The van der Waals surface area contributed by atoms with Gasteiger partial charge in [-0.25, -0.2) is 9.97 Å². The molecule has 2 N–H and O–H groups in total. The van der Waals surface area contributed by atoms with Crippen molar-refractivity contribution in [1.82, 2.24) is 29.7 Å². The van der Waals surface area contributed by atoms with Crippen LogP contribution in [0.15, 0.2) is 70.5 Å². The van der Waals surface area contributed by atoms with Crippen LogP contribution in [0.5, 0.6) is 0 Å². The van der Waals surface area contributed by atoms with Crippen LogP contribution >= 0.6 is 0 Å². The molecule has 4 rings (SSSR count). The molecular formula is C25H26N6O4. The maximum atomic E-state index is 12.8. The van der Waals surface area contributed by atoms with Crippen LogP contribution in [-0.2, 0) is 22.7 Å². The molecule has 2 aromatic carbocycles. The lowest BCUT2D eigenvalue weighted by atomic mass is 10.1. The van der Waals surface area contributed by atoms with E-state index >= 15 is 0 Å². The third kappa shape index (κ3) is 5.60. The molecule has 0 aliphatic rings. The molecule has 0 radical (unpaired) electrons. The average molecular weight is 475 g/mol. The minimum atomic E-state index is -0.368. The maximum absolute atomic E-state index is 12.8. The zero-order chi connectivity index (χ0) is 24.8. The highest BCUT2D eigenvalue weighted by Crippen LogP contribution is 2.09. The minimum absolute atomic E-state index is 0.158. The van der Waals surface area contributed by atoms with Gasteiger partial charge in [0.15, 0.2) is 0 Å². The van der Waals surface area contributed by atoms with Crippen molar-refractivity contribution in [3.05, 3.63) is 81.6 Å². The van der Waals surface area contributed by atoms with Gasteiger partial charge in [0.2, 0.25) is 11.8 Å². The lowest BCUT2D eigenvalue weighted by Gasteiger charge is -2.20. The molecule has 0 saturated heterocycles. The second-order valence-corrected chi connectivity index (χ2v) is 8.20. The van der Waals surface area contributed by atoms with Crippen molar-refractivity contribution in [2.24, 2.45) is 0 Å². The zero-order valence-corrected chi connectivity index (χ0v) is 19.3. The van der Waals surface area contributed by atoms with E-state index in [4.69, 9.17) is 0 Å². The lowest BCUT2D eigenvalue weighted by molar-refractivity contribution is -0.124. The molecule has 0 saturated carbocycles. The predicted molar refractivity (Wildman–Crippen MR) is 132 cm³/mol. The SMILES string of the molecule is CCCC(CNC(=O)Cn1c(=O)cnc2ccccc21)NC(=O)Cn1c(=O)cnc2ccccc21. The molecule has 1 unspecified atom stereocenters. The number of rotatable bonds is 9. The van der Waals surface area contributed by atoms with E-state index in [1.807, 2.05) is 19.1 Å². The van der Waals surface area contributed by atoms with Gasteiger partial charge in [-0.15, -0.1) is 0 Å². The van der Waals surface area contributed by atoms with E-state index in [0.29, 0.717) is 28.5 Å². The number of amides is 2. The van der Waals surface area contributed by atoms with E-state index in [0.717, 1.165) is 6.42 Å². The molecule has 0 fully saturated rings. The number of hydrogen-bond acceptors (Lipinski definition) is 6. The molecular weight excluding hydrogens is 448 g/mol. The number of aromatic nitrogens is 4. The molecule has 10 heteroatoms. The van der Waals surface area contributed by atoms with E-state index in [-0.39, 0.29) is 48.6 Å². The van der Waals surface area contributed by atoms with Crippen molar-refractivity contribution >= 4 is 33.9 Å².